The van der Waals surface area contributed by atoms with Gasteiger partial charge in [-0.25, -0.2) is 0 Å². The molecule has 0 aliphatic heterocycles. The van der Waals surface area contributed by atoms with Crippen molar-refractivity contribution in [1.29, 1.82) is 0 Å². The van der Waals surface area contributed by atoms with E-state index >= 15 is 0 Å². The summed E-state index contributed by atoms with van der Waals surface area (Å²) >= 11 is 0. The normalized spacial score (nSPS) is 10.5. The average Bonchev–Trinajstić information content (AvgIpc) is 2.26. The number of nitrogens with two attached hydrogens (primary N) is 1. The van der Waals surface area contributed by atoms with Gasteiger partial charge in [0.1, 0.15) is 0 Å². The van der Waals surface area contributed by atoms with E-state index in [1.165, 1.54) is 0 Å². The van der Waals surface area contributed by atoms with Crippen LogP contribution in [-0.2, 0) is 0 Å². The van der Waals surface area contributed by atoms with Crippen LogP contribution in [0.2, 0.25) is 0 Å². The molecule has 0 unspecified atom stereocenters. The Hall–Kier alpha value is -1.67. The van der Waals surface area contributed by atoms with Gasteiger partial charge < -0.3 is 5.73 Å². The number of aromatic nitrogens is 1. The van der Waals surface area contributed by atoms with Crippen LogP contribution < -0.4 is 5.73 Å². The lowest BCUT2D eigenvalue weighted by molar-refractivity contribution is 1.23. The molecule has 15 heavy (non-hydrogen) atoms. The quantitative estimate of drug-likeness (QED) is 0.805. The van der Waals surface area contributed by atoms with Gasteiger partial charge in [-0.3, -0.25) is 4.98 Å². The van der Waals surface area contributed by atoms with Gasteiger partial charge in [0.05, 0.1) is 5.52 Å². The molecule has 0 aliphatic carbocycles. The molecule has 0 atom stereocenters. The zero-order valence-corrected chi connectivity index (χ0v) is 8.83. The number of rotatable bonds is 2. The average molecular weight is 198 g/mol. The first-order chi connectivity index (χ1) is 7.22. The molecular formula is C13H14N2. The number of pyridine rings is 1. The van der Waals surface area contributed by atoms with Crippen molar-refractivity contribution in [3.63, 3.8) is 0 Å². The molecular weight excluding hydrogens is 184 g/mol. The molecule has 0 bridgehead atoms. The summed E-state index contributed by atoms with van der Waals surface area (Å²) < 4.78 is 0. The molecule has 2 aromatic rings. The number of aryl methyl sites for hydroxylation is 1. The molecule has 0 fully saturated rings. The zero-order chi connectivity index (χ0) is 10.8. The van der Waals surface area contributed by atoms with Gasteiger partial charge in [0.2, 0.25) is 0 Å². The van der Waals surface area contributed by atoms with Gasteiger partial charge in [-0.05, 0) is 30.2 Å². The van der Waals surface area contributed by atoms with Gasteiger partial charge >= 0.3 is 0 Å². The molecule has 2 nitrogen and oxygen atoms in total. The van der Waals surface area contributed by atoms with E-state index < -0.39 is 0 Å². The second-order valence-electron chi connectivity index (χ2n) is 3.64. The Balaban J connectivity index is 2.76. The van der Waals surface area contributed by atoms with Crippen LogP contribution >= 0.6 is 0 Å². The van der Waals surface area contributed by atoms with Crippen LogP contribution in [0.5, 0.6) is 0 Å². The van der Waals surface area contributed by atoms with E-state index in [4.69, 9.17) is 5.73 Å². The molecule has 1 aromatic heterocycles. The molecule has 1 heterocycles. The Labute approximate surface area is 89.4 Å². The summed E-state index contributed by atoms with van der Waals surface area (Å²) in [6.45, 7) is 6.45. The molecule has 0 aliphatic rings. The number of para-hydroxylation sites is 1. The highest BCUT2D eigenvalue weighted by molar-refractivity contribution is 5.91. The fourth-order valence-electron chi connectivity index (χ4n) is 1.71. The summed E-state index contributed by atoms with van der Waals surface area (Å²) in [5, 5.41) is 1.12. The fourth-order valence-corrected chi connectivity index (χ4v) is 1.71. The first kappa shape index (κ1) is 9.87. The second kappa shape index (κ2) is 3.83. The minimum atomic E-state index is 0.480. The van der Waals surface area contributed by atoms with Crippen molar-refractivity contribution < 1.29 is 0 Å². The van der Waals surface area contributed by atoms with E-state index in [9.17, 15) is 0 Å². The monoisotopic (exact) mass is 198 g/mol. The van der Waals surface area contributed by atoms with E-state index in [0.29, 0.717) is 6.54 Å². The van der Waals surface area contributed by atoms with Crippen LogP contribution in [0.15, 0.2) is 36.9 Å². The van der Waals surface area contributed by atoms with E-state index in [2.05, 4.69) is 17.6 Å². The van der Waals surface area contributed by atoms with Gasteiger partial charge in [-0.1, -0.05) is 24.8 Å². The number of fused-ring (bicyclic) bond motifs is 1. The van der Waals surface area contributed by atoms with Crippen LogP contribution in [0.25, 0.3) is 16.5 Å². The molecule has 2 N–H and O–H groups in total. The van der Waals surface area contributed by atoms with Crippen molar-refractivity contribution in [2.24, 2.45) is 5.73 Å². The van der Waals surface area contributed by atoms with Gasteiger partial charge in [0.15, 0.2) is 0 Å². The molecule has 2 heteroatoms. The van der Waals surface area contributed by atoms with Gasteiger partial charge in [0, 0.05) is 17.6 Å². The van der Waals surface area contributed by atoms with E-state index in [-0.39, 0.29) is 0 Å². The Morgan fingerprint density at radius 3 is 2.87 bits per heavy atom. The smallest absolute Gasteiger partial charge is 0.0711 e. The lowest BCUT2D eigenvalue weighted by Crippen LogP contribution is -2.02. The molecule has 2 rings (SSSR count). The van der Waals surface area contributed by atoms with Crippen molar-refractivity contribution in [2.45, 2.75) is 6.92 Å². The molecule has 0 radical (unpaired) electrons. The Kier molecular flexibility index (Phi) is 2.52. The molecule has 0 spiro atoms. The van der Waals surface area contributed by atoms with Crippen molar-refractivity contribution in [2.75, 3.05) is 6.54 Å². The Morgan fingerprint density at radius 1 is 1.40 bits per heavy atom. The molecule has 1 aromatic carbocycles. The topological polar surface area (TPSA) is 38.9 Å². The highest BCUT2D eigenvalue weighted by Gasteiger charge is 2.05. The summed E-state index contributed by atoms with van der Waals surface area (Å²) in [7, 11) is 0. The Bertz CT molecular complexity index is 515. The SMILES string of the molecule is C=C(CN)c1cc(C)nc2ccccc12. The first-order valence-electron chi connectivity index (χ1n) is 4.97. The highest BCUT2D eigenvalue weighted by atomic mass is 14.7. The zero-order valence-electron chi connectivity index (χ0n) is 8.83. The van der Waals surface area contributed by atoms with E-state index in [1.54, 1.807) is 0 Å². The standard InChI is InChI=1S/C13H14N2/c1-9(8-14)12-7-10(2)15-13-6-4-3-5-11(12)13/h3-7H,1,8,14H2,2H3. The summed E-state index contributed by atoms with van der Waals surface area (Å²) in [5.74, 6) is 0. The van der Waals surface area contributed by atoms with Gasteiger partial charge in [-0.2, -0.15) is 0 Å². The summed E-state index contributed by atoms with van der Waals surface area (Å²) in [4.78, 5) is 4.47. The number of benzene rings is 1. The maximum Gasteiger partial charge on any atom is 0.0711 e. The Morgan fingerprint density at radius 2 is 2.13 bits per heavy atom. The molecule has 0 saturated heterocycles. The van der Waals surface area contributed by atoms with Crippen LogP contribution in [-0.4, -0.2) is 11.5 Å². The lowest BCUT2D eigenvalue weighted by Gasteiger charge is -2.08. The summed E-state index contributed by atoms with van der Waals surface area (Å²) in [5.41, 5.74) is 9.69. The summed E-state index contributed by atoms with van der Waals surface area (Å²) in [6.07, 6.45) is 0. The molecule has 0 amide bonds. The van der Waals surface area contributed by atoms with Crippen molar-refractivity contribution in [3.05, 3.63) is 48.2 Å². The maximum absolute atomic E-state index is 5.63. The minimum absolute atomic E-state index is 0.480. The first-order valence-corrected chi connectivity index (χ1v) is 4.97. The molecule has 76 valence electrons. The van der Waals surface area contributed by atoms with Gasteiger partial charge in [0.25, 0.3) is 0 Å². The number of hydrogen-bond acceptors (Lipinski definition) is 2. The van der Waals surface area contributed by atoms with Crippen molar-refractivity contribution in [1.82, 2.24) is 4.98 Å². The highest BCUT2D eigenvalue weighted by Crippen LogP contribution is 2.23. The summed E-state index contributed by atoms with van der Waals surface area (Å²) in [6, 6.07) is 10.1. The van der Waals surface area contributed by atoms with Crippen LogP contribution in [0.3, 0.4) is 0 Å². The molecule has 0 saturated carbocycles. The number of nitrogens with zero attached hydrogens (tertiary/aromatic N) is 1. The van der Waals surface area contributed by atoms with Crippen molar-refractivity contribution in [3.8, 4) is 0 Å². The third-order valence-corrected chi connectivity index (χ3v) is 2.47. The van der Waals surface area contributed by atoms with Crippen LogP contribution in [0, 0.1) is 6.92 Å². The van der Waals surface area contributed by atoms with E-state index in [0.717, 1.165) is 27.7 Å². The van der Waals surface area contributed by atoms with Crippen LogP contribution in [0.4, 0.5) is 0 Å². The van der Waals surface area contributed by atoms with Crippen LogP contribution in [0.1, 0.15) is 11.3 Å². The maximum atomic E-state index is 5.63. The third kappa shape index (κ3) is 1.76. The van der Waals surface area contributed by atoms with Gasteiger partial charge in [-0.15, -0.1) is 0 Å². The lowest BCUT2D eigenvalue weighted by atomic mass is 10.0. The predicted octanol–water partition coefficient (Wildman–Crippen LogP) is 2.52. The second-order valence-corrected chi connectivity index (χ2v) is 3.64. The van der Waals surface area contributed by atoms with E-state index in [1.807, 2.05) is 31.2 Å². The van der Waals surface area contributed by atoms with Crippen molar-refractivity contribution >= 4 is 16.5 Å². The number of hydrogen-bond donors (Lipinski definition) is 1. The third-order valence-electron chi connectivity index (χ3n) is 2.47. The minimum Gasteiger partial charge on any atom is -0.326 e. The predicted molar refractivity (Wildman–Crippen MR) is 64.6 cm³/mol. The largest absolute Gasteiger partial charge is 0.326 e. The fraction of sp³-hybridized carbons (Fsp3) is 0.154.